The van der Waals surface area contributed by atoms with Gasteiger partial charge in [0.15, 0.2) is 0 Å². The molecule has 0 bridgehead atoms. The number of benzene rings is 1. The first kappa shape index (κ1) is 26.4. The van der Waals surface area contributed by atoms with Crippen LogP contribution >= 0.6 is 0 Å². The number of likely N-dealkylation sites (tertiary alicyclic amines) is 1. The van der Waals surface area contributed by atoms with Crippen molar-refractivity contribution in [2.45, 2.75) is 64.3 Å². The predicted molar refractivity (Wildman–Crippen MR) is 142 cm³/mol. The molecule has 2 aromatic rings. The van der Waals surface area contributed by atoms with Gasteiger partial charge < -0.3 is 9.64 Å². The molecule has 38 heavy (non-hydrogen) atoms. The predicted octanol–water partition coefficient (Wildman–Crippen LogP) is 1.44. The van der Waals surface area contributed by atoms with Crippen molar-refractivity contribution in [1.82, 2.24) is 29.2 Å². The van der Waals surface area contributed by atoms with Gasteiger partial charge in [0.1, 0.15) is 11.6 Å². The lowest BCUT2D eigenvalue weighted by Gasteiger charge is -2.38. The average Bonchev–Trinajstić information content (AvgIpc) is 3.44. The van der Waals surface area contributed by atoms with Crippen LogP contribution in [0.5, 0.6) is 0 Å². The molecule has 0 spiro atoms. The largest absolute Gasteiger partial charge is 0.444 e. The fourth-order valence-electron chi connectivity index (χ4n) is 5.81. The monoisotopic (exact) mass is 526 g/mol. The number of fused-ring (bicyclic) bond motifs is 1. The van der Waals surface area contributed by atoms with Crippen LogP contribution in [0.4, 0.5) is 4.79 Å². The second kappa shape index (κ2) is 10.2. The Hall–Kier alpha value is -3.18. The lowest BCUT2D eigenvalue weighted by atomic mass is 10.1. The van der Waals surface area contributed by atoms with Crippen LogP contribution in [0.25, 0.3) is 11.0 Å². The third-order valence-electron chi connectivity index (χ3n) is 7.82. The maximum absolute atomic E-state index is 13.0. The fraction of sp³-hybridized carbons (Fsp3) is 0.630. The molecule has 3 aliphatic rings. The quantitative estimate of drug-likeness (QED) is 0.601. The molecule has 11 heteroatoms. The van der Waals surface area contributed by atoms with Crippen molar-refractivity contribution in [3.05, 3.63) is 34.2 Å². The summed E-state index contributed by atoms with van der Waals surface area (Å²) in [6, 6.07) is 5.65. The molecular formula is C27H38N6O5. The summed E-state index contributed by atoms with van der Waals surface area (Å²) < 4.78 is 8.63. The molecule has 3 amide bonds. The number of nitrogens with one attached hydrogen (secondary N) is 1. The maximum Gasteiger partial charge on any atom is 0.410 e. The number of carbonyl (C=O) groups is 3. The van der Waals surface area contributed by atoms with E-state index in [9.17, 15) is 19.2 Å². The minimum Gasteiger partial charge on any atom is -0.444 e. The van der Waals surface area contributed by atoms with Crippen molar-refractivity contribution in [2.24, 2.45) is 7.05 Å². The second-order valence-electron chi connectivity index (χ2n) is 11.7. The Balaban J connectivity index is 1.20. The lowest BCUT2D eigenvalue weighted by molar-refractivity contribution is -0.135. The number of aromatic nitrogens is 2. The molecule has 3 aliphatic heterocycles. The summed E-state index contributed by atoms with van der Waals surface area (Å²) in [6.45, 7) is 11.6. The molecule has 1 aromatic heterocycles. The van der Waals surface area contributed by atoms with Gasteiger partial charge in [0.05, 0.1) is 11.0 Å². The first-order valence-electron chi connectivity index (χ1n) is 13.5. The normalized spacial score (nSPS) is 23.7. The number of imide groups is 1. The van der Waals surface area contributed by atoms with Gasteiger partial charge in [0, 0.05) is 65.3 Å². The zero-order chi connectivity index (χ0) is 27.2. The van der Waals surface area contributed by atoms with E-state index in [1.165, 1.54) is 4.57 Å². The van der Waals surface area contributed by atoms with Gasteiger partial charge >= 0.3 is 11.8 Å². The van der Waals surface area contributed by atoms with Gasteiger partial charge in [-0.2, -0.15) is 0 Å². The number of ether oxygens (including phenoxy) is 1. The summed E-state index contributed by atoms with van der Waals surface area (Å²) in [7, 11) is 1.72. The number of hydrogen-bond donors (Lipinski definition) is 1. The van der Waals surface area contributed by atoms with E-state index < -0.39 is 17.6 Å². The van der Waals surface area contributed by atoms with Gasteiger partial charge in [-0.05, 0) is 51.3 Å². The molecule has 1 aromatic carbocycles. The number of carbonyl (C=O) groups excluding carboxylic acids is 3. The smallest absolute Gasteiger partial charge is 0.410 e. The summed E-state index contributed by atoms with van der Waals surface area (Å²) in [4.78, 5) is 56.2. The number of amides is 3. The first-order chi connectivity index (χ1) is 18.0. The number of nitrogens with zero attached hydrogens (tertiary/aromatic N) is 5. The van der Waals surface area contributed by atoms with Crippen molar-refractivity contribution in [2.75, 3.05) is 39.3 Å². The van der Waals surface area contributed by atoms with Gasteiger partial charge in [0.25, 0.3) is 0 Å². The zero-order valence-electron chi connectivity index (χ0n) is 22.7. The number of rotatable bonds is 4. The highest BCUT2D eigenvalue weighted by Crippen LogP contribution is 2.25. The van der Waals surface area contributed by atoms with E-state index in [4.69, 9.17) is 4.74 Å². The van der Waals surface area contributed by atoms with E-state index in [1.54, 1.807) is 11.6 Å². The highest BCUT2D eigenvalue weighted by atomic mass is 16.6. The molecule has 1 unspecified atom stereocenters. The summed E-state index contributed by atoms with van der Waals surface area (Å²) in [5, 5.41) is 2.35. The molecule has 4 heterocycles. The van der Waals surface area contributed by atoms with Crippen molar-refractivity contribution in [1.29, 1.82) is 0 Å². The first-order valence-corrected chi connectivity index (χ1v) is 13.5. The molecule has 3 fully saturated rings. The van der Waals surface area contributed by atoms with Crippen LogP contribution in [0.15, 0.2) is 23.0 Å². The van der Waals surface area contributed by atoms with Crippen LogP contribution in [0.3, 0.4) is 0 Å². The van der Waals surface area contributed by atoms with Crippen LogP contribution in [0, 0.1) is 0 Å². The van der Waals surface area contributed by atoms with Crippen molar-refractivity contribution in [3.63, 3.8) is 0 Å². The fourth-order valence-corrected chi connectivity index (χ4v) is 5.81. The third kappa shape index (κ3) is 5.35. The van der Waals surface area contributed by atoms with E-state index in [1.807, 2.05) is 43.9 Å². The van der Waals surface area contributed by atoms with E-state index in [0.717, 1.165) is 56.8 Å². The molecule has 0 aliphatic carbocycles. The minimum atomic E-state index is -0.676. The van der Waals surface area contributed by atoms with Crippen molar-refractivity contribution >= 4 is 28.9 Å². The number of piperazine rings is 1. The molecule has 11 nitrogen and oxygen atoms in total. The van der Waals surface area contributed by atoms with Gasteiger partial charge in [-0.15, -0.1) is 0 Å². The highest BCUT2D eigenvalue weighted by molar-refractivity contribution is 6.00. The summed E-state index contributed by atoms with van der Waals surface area (Å²) in [5.74, 6) is -0.718. The van der Waals surface area contributed by atoms with Gasteiger partial charge in [-0.25, -0.2) is 9.59 Å². The SMILES string of the molecule is Cn1c(=O)n(C2CCC(=O)NC2=O)c2ccc(CN3CCN([C@@H]4CCN(C(=O)OC(C)(C)C)C4)CC3)cc21. The molecule has 2 atom stereocenters. The number of piperidine rings is 1. The minimum absolute atomic E-state index is 0.225. The van der Waals surface area contributed by atoms with Crippen LogP contribution in [-0.2, 0) is 27.9 Å². The lowest BCUT2D eigenvalue weighted by Crippen LogP contribution is -2.51. The van der Waals surface area contributed by atoms with Crippen LogP contribution in [0.2, 0.25) is 0 Å². The standard InChI is InChI=1S/C27H38N6O5/c1-27(2,3)38-26(37)32-10-9-19(17-32)31-13-11-30(12-14-31)16-18-5-6-20-22(15-18)29(4)25(36)33(20)21-7-8-23(34)28-24(21)35/h5-6,15,19,21H,7-14,16-17H2,1-4H3,(H,28,34,35)/t19-,21?/m1/s1. The molecule has 0 radical (unpaired) electrons. The highest BCUT2D eigenvalue weighted by Gasteiger charge is 2.34. The summed E-state index contributed by atoms with van der Waals surface area (Å²) in [6.07, 6.45) is 1.29. The zero-order valence-corrected chi connectivity index (χ0v) is 22.7. The van der Waals surface area contributed by atoms with E-state index >= 15 is 0 Å². The number of imidazole rings is 1. The Morgan fingerprint density at radius 3 is 2.45 bits per heavy atom. The van der Waals surface area contributed by atoms with Crippen LogP contribution in [-0.4, -0.2) is 92.7 Å². The Morgan fingerprint density at radius 2 is 1.76 bits per heavy atom. The summed E-state index contributed by atoms with van der Waals surface area (Å²) in [5.41, 5.74) is 1.86. The molecule has 3 saturated heterocycles. The van der Waals surface area contributed by atoms with E-state index in [-0.39, 0.29) is 24.1 Å². The Bertz CT molecular complexity index is 1300. The topological polar surface area (TPSA) is 109 Å². The van der Waals surface area contributed by atoms with Crippen LogP contribution < -0.4 is 11.0 Å². The molecule has 5 rings (SSSR count). The third-order valence-corrected chi connectivity index (χ3v) is 7.82. The molecule has 1 N–H and O–H groups in total. The number of hydrogen-bond acceptors (Lipinski definition) is 7. The van der Waals surface area contributed by atoms with Gasteiger partial charge in [-0.1, -0.05) is 6.07 Å². The van der Waals surface area contributed by atoms with Gasteiger partial charge in [-0.3, -0.25) is 33.8 Å². The van der Waals surface area contributed by atoms with Gasteiger partial charge in [0.2, 0.25) is 11.8 Å². The average molecular weight is 527 g/mol. The molecule has 0 saturated carbocycles. The Morgan fingerprint density at radius 1 is 1.03 bits per heavy atom. The molecule has 206 valence electrons. The van der Waals surface area contributed by atoms with E-state index in [0.29, 0.717) is 24.5 Å². The van der Waals surface area contributed by atoms with E-state index in [2.05, 4.69) is 15.1 Å². The van der Waals surface area contributed by atoms with Crippen molar-refractivity contribution in [3.8, 4) is 0 Å². The molecular weight excluding hydrogens is 488 g/mol. The number of aryl methyl sites for hydroxylation is 1. The van der Waals surface area contributed by atoms with Crippen LogP contribution in [0.1, 0.15) is 51.6 Å². The van der Waals surface area contributed by atoms with Crippen molar-refractivity contribution < 1.29 is 19.1 Å². The Labute approximate surface area is 222 Å². The maximum atomic E-state index is 13.0. The second-order valence-corrected chi connectivity index (χ2v) is 11.7. The Kier molecular flexibility index (Phi) is 7.08. The summed E-state index contributed by atoms with van der Waals surface area (Å²) >= 11 is 0.